The minimum Gasteiger partial charge on any atom is -0.310 e. The van der Waals surface area contributed by atoms with Crippen molar-refractivity contribution in [3.05, 3.63) is 55.6 Å². The van der Waals surface area contributed by atoms with Crippen LogP contribution in [-0.2, 0) is 13.0 Å². The van der Waals surface area contributed by atoms with Crippen molar-refractivity contribution in [2.75, 3.05) is 0 Å². The quantitative estimate of drug-likeness (QED) is 0.814. The van der Waals surface area contributed by atoms with Gasteiger partial charge in [0.15, 0.2) is 0 Å². The smallest absolute Gasteiger partial charge is 0.0417 e. The fraction of sp³-hybridized carbons (Fsp3) is 0.286. The van der Waals surface area contributed by atoms with Gasteiger partial charge in [-0.15, -0.1) is 0 Å². The minimum atomic E-state index is 0.460. The number of hydrogen-bond acceptors (Lipinski definition) is 2. The van der Waals surface area contributed by atoms with Crippen LogP contribution in [0.2, 0.25) is 5.02 Å². The lowest BCUT2D eigenvalue weighted by Gasteiger charge is -2.14. The van der Waals surface area contributed by atoms with Crippen LogP contribution in [0.25, 0.3) is 0 Å². The zero-order valence-electron chi connectivity index (χ0n) is 10.1. The van der Waals surface area contributed by atoms with E-state index >= 15 is 0 Å². The minimum absolute atomic E-state index is 0.460. The van der Waals surface area contributed by atoms with Gasteiger partial charge in [-0.2, -0.15) is 11.3 Å². The zero-order chi connectivity index (χ0) is 13.0. The average molecular weight is 345 g/mol. The van der Waals surface area contributed by atoms with Crippen molar-refractivity contribution in [1.82, 2.24) is 5.32 Å². The molecule has 0 amide bonds. The van der Waals surface area contributed by atoms with Crippen molar-refractivity contribution in [1.29, 1.82) is 0 Å². The van der Waals surface area contributed by atoms with E-state index in [0.717, 1.165) is 22.5 Å². The van der Waals surface area contributed by atoms with E-state index in [-0.39, 0.29) is 0 Å². The van der Waals surface area contributed by atoms with Crippen molar-refractivity contribution in [2.45, 2.75) is 25.9 Å². The number of nitrogens with one attached hydrogen (secondary N) is 1. The molecule has 2 aromatic rings. The maximum atomic E-state index is 5.93. The van der Waals surface area contributed by atoms with Gasteiger partial charge >= 0.3 is 0 Å². The third-order valence-corrected chi connectivity index (χ3v) is 4.48. The Labute approximate surface area is 125 Å². The van der Waals surface area contributed by atoms with Gasteiger partial charge in [-0.3, -0.25) is 0 Å². The molecule has 1 aromatic heterocycles. The van der Waals surface area contributed by atoms with Crippen molar-refractivity contribution in [3.8, 4) is 0 Å². The molecular weight excluding hydrogens is 330 g/mol. The van der Waals surface area contributed by atoms with E-state index in [4.69, 9.17) is 11.6 Å². The van der Waals surface area contributed by atoms with E-state index in [2.05, 4.69) is 51.1 Å². The first-order chi connectivity index (χ1) is 8.65. The molecule has 1 unspecified atom stereocenters. The molecule has 0 saturated heterocycles. The van der Waals surface area contributed by atoms with Gasteiger partial charge in [0.25, 0.3) is 0 Å². The Morgan fingerprint density at radius 2 is 2.22 bits per heavy atom. The van der Waals surface area contributed by atoms with Crippen LogP contribution in [0.1, 0.15) is 18.1 Å². The second-order valence-electron chi connectivity index (χ2n) is 4.35. The highest BCUT2D eigenvalue weighted by molar-refractivity contribution is 9.10. The molecule has 0 aliphatic carbocycles. The molecule has 0 spiro atoms. The Kier molecular flexibility index (Phi) is 5.25. The van der Waals surface area contributed by atoms with E-state index in [1.807, 2.05) is 12.1 Å². The summed E-state index contributed by atoms with van der Waals surface area (Å²) in [5, 5.41) is 8.62. The van der Waals surface area contributed by atoms with Crippen LogP contribution in [0.4, 0.5) is 0 Å². The number of benzene rings is 1. The highest BCUT2D eigenvalue weighted by Gasteiger charge is 2.05. The molecule has 2 rings (SSSR count). The molecule has 1 nitrogen and oxygen atoms in total. The molecule has 96 valence electrons. The van der Waals surface area contributed by atoms with Crippen LogP contribution >= 0.6 is 38.9 Å². The third-order valence-electron chi connectivity index (χ3n) is 2.78. The van der Waals surface area contributed by atoms with E-state index in [1.165, 1.54) is 11.1 Å². The van der Waals surface area contributed by atoms with Crippen molar-refractivity contribution >= 4 is 38.9 Å². The Morgan fingerprint density at radius 3 is 2.89 bits per heavy atom. The summed E-state index contributed by atoms with van der Waals surface area (Å²) in [6.45, 7) is 3.06. The first-order valence-electron chi connectivity index (χ1n) is 5.83. The summed E-state index contributed by atoms with van der Waals surface area (Å²) in [7, 11) is 0. The summed E-state index contributed by atoms with van der Waals surface area (Å²) in [4.78, 5) is 0. The summed E-state index contributed by atoms with van der Waals surface area (Å²) < 4.78 is 1.06. The molecule has 1 N–H and O–H groups in total. The molecule has 1 aromatic carbocycles. The van der Waals surface area contributed by atoms with Crippen LogP contribution in [0.3, 0.4) is 0 Å². The van der Waals surface area contributed by atoms with Gasteiger partial charge < -0.3 is 5.32 Å². The second-order valence-corrected chi connectivity index (χ2v) is 6.42. The Morgan fingerprint density at radius 1 is 1.39 bits per heavy atom. The van der Waals surface area contributed by atoms with Crippen molar-refractivity contribution in [2.24, 2.45) is 0 Å². The summed E-state index contributed by atoms with van der Waals surface area (Å²) in [5.41, 5.74) is 2.63. The van der Waals surface area contributed by atoms with E-state index in [1.54, 1.807) is 11.3 Å². The average Bonchev–Trinajstić information content (AvgIpc) is 2.80. The van der Waals surface area contributed by atoms with Gasteiger partial charge in [0, 0.05) is 22.1 Å². The first kappa shape index (κ1) is 14.1. The van der Waals surface area contributed by atoms with E-state index in [9.17, 15) is 0 Å². The van der Waals surface area contributed by atoms with Crippen LogP contribution in [0.15, 0.2) is 39.5 Å². The fourth-order valence-corrected chi connectivity index (χ4v) is 3.29. The molecular formula is C14H15BrClNS. The van der Waals surface area contributed by atoms with Crippen LogP contribution < -0.4 is 5.32 Å². The van der Waals surface area contributed by atoms with Gasteiger partial charge in [-0.05, 0) is 53.4 Å². The van der Waals surface area contributed by atoms with Gasteiger partial charge in [-0.1, -0.05) is 33.6 Å². The lowest BCUT2D eigenvalue weighted by Crippen LogP contribution is -2.27. The monoisotopic (exact) mass is 343 g/mol. The molecule has 0 aliphatic rings. The fourth-order valence-electron chi connectivity index (χ4n) is 1.78. The van der Waals surface area contributed by atoms with Gasteiger partial charge in [-0.25, -0.2) is 0 Å². The number of hydrogen-bond donors (Lipinski definition) is 1. The molecule has 4 heteroatoms. The maximum Gasteiger partial charge on any atom is 0.0417 e. The second kappa shape index (κ2) is 6.71. The summed E-state index contributed by atoms with van der Waals surface area (Å²) >= 11 is 11.2. The first-order valence-corrected chi connectivity index (χ1v) is 7.95. The van der Waals surface area contributed by atoms with Crippen molar-refractivity contribution in [3.63, 3.8) is 0 Å². The number of thiophene rings is 1. The summed E-state index contributed by atoms with van der Waals surface area (Å²) in [5.74, 6) is 0. The molecule has 0 fully saturated rings. The standard InChI is InChI=1S/C14H15BrClNS/c1-10(6-11-4-5-18-9-11)17-8-12-2-3-13(16)7-14(12)15/h2-5,7,9-10,17H,6,8H2,1H3. The van der Waals surface area contributed by atoms with Gasteiger partial charge in [0.05, 0.1) is 0 Å². The zero-order valence-corrected chi connectivity index (χ0v) is 13.3. The molecule has 18 heavy (non-hydrogen) atoms. The Bertz CT molecular complexity index is 499. The van der Waals surface area contributed by atoms with Gasteiger partial charge in [0.2, 0.25) is 0 Å². The molecule has 0 saturated carbocycles. The maximum absolute atomic E-state index is 5.93. The summed E-state index contributed by atoms with van der Waals surface area (Å²) in [6, 6.07) is 8.55. The third kappa shape index (κ3) is 4.09. The normalized spacial score (nSPS) is 12.6. The van der Waals surface area contributed by atoms with E-state index < -0.39 is 0 Å². The predicted octanol–water partition coefficient (Wildman–Crippen LogP) is 4.88. The predicted molar refractivity (Wildman–Crippen MR) is 83.5 cm³/mol. The van der Waals surface area contributed by atoms with Crippen LogP contribution in [-0.4, -0.2) is 6.04 Å². The van der Waals surface area contributed by atoms with Crippen LogP contribution in [0.5, 0.6) is 0 Å². The highest BCUT2D eigenvalue weighted by atomic mass is 79.9. The SMILES string of the molecule is CC(Cc1ccsc1)NCc1ccc(Cl)cc1Br. The molecule has 1 atom stereocenters. The number of halogens is 2. The van der Waals surface area contributed by atoms with Crippen LogP contribution in [0, 0.1) is 0 Å². The molecule has 0 radical (unpaired) electrons. The highest BCUT2D eigenvalue weighted by Crippen LogP contribution is 2.21. The Hall–Kier alpha value is -0.350. The summed E-state index contributed by atoms with van der Waals surface area (Å²) in [6.07, 6.45) is 1.06. The molecule has 0 bridgehead atoms. The largest absolute Gasteiger partial charge is 0.310 e. The van der Waals surface area contributed by atoms with E-state index in [0.29, 0.717) is 6.04 Å². The lowest BCUT2D eigenvalue weighted by molar-refractivity contribution is 0.545. The molecule has 0 aliphatic heterocycles. The topological polar surface area (TPSA) is 12.0 Å². The Balaban J connectivity index is 1.87. The number of rotatable bonds is 5. The van der Waals surface area contributed by atoms with Crippen molar-refractivity contribution < 1.29 is 0 Å². The lowest BCUT2D eigenvalue weighted by atomic mass is 10.1. The van der Waals surface area contributed by atoms with Gasteiger partial charge in [0.1, 0.15) is 0 Å². The molecule has 1 heterocycles.